The maximum Gasteiger partial charge on any atom is 0.278 e. The highest BCUT2D eigenvalue weighted by Gasteiger charge is 2.13. The van der Waals surface area contributed by atoms with Gasteiger partial charge in [0.2, 0.25) is 5.95 Å². The number of benzene rings is 2. The van der Waals surface area contributed by atoms with E-state index in [4.69, 9.17) is 27.9 Å². The number of nitrogens with one attached hydrogen (secondary N) is 1. The predicted molar refractivity (Wildman–Crippen MR) is 113 cm³/mol. The second-order valence-corrected chi connectivity index (χ2v) is 7.08. The van der Waals surface area contributed by atoms with Gasteiger partial charge < -0.3 is 4.74 Å². The fraction of sp³-hybridized carbons (Fsp3) is 0.100. The number of ether oxygens (including phenoxy) is 1. The standard InChI is InChI=1S/C20H16Cl2N6O2/c21-15-7-4-8-16(22)18(15)30-13-27-10-9-17(25-27)19(29)24-20-23-12-28(26-20)11-14-5-2-1-3-6-14/h1-10,12H,11,13H2,(H,24,26,29). The zero-order valence-electron chi connectivity index (χ0n) is 15.6. The molecule has 4 rings (SSSR count). The molecule has 2 aromatic heterocycles. The molecular weight excluding hydrogens is 427 g/mol. The molecule has 0 spiro atoms. The van der Waals surface area contributed by atoms with Crippen LogP contribution in [0, 0.1) is 0 Å². The lowest BCUT2D eigenvalue weighted by atomic mass is 10.2. The molecule has 152 valence electrons. The summed E-state index contributed by atoms with van der Waals surface area (Å²) in [5.41, 5.74) is 1.28. The Morgan fingerprint density at radius 2 is 1.73 bits per heavy atom. The normalized spacial score (nSPS) is 10.7. The van der Waals surface area contributed by atoms with Crippen LogP contribution in [0.15, 0.2) is 67.1 Å². The van der Waals surface area contributed by atoms with Crippen LogP contribution in [0.25, 0.3) is 0 Å². The first kappa shape index (κ1) is 19.9. The highest BCUT2D eigenvalue weighted by Crippen LogP contribution is 2.32. The third kappa shape index (κ3) is 4.79. The van der Waals surface area contributed by atoms with Crippen LogP contribution in [0.5, 0.6) is 5.75 Å². The number of carbonyl (C=O) groups is 1. The molecule has 0 atom stereocenters. The van der Waals surface area contributed by atoms with E-state index in [1.807, 2.05) is 30.3 Å². The Labute approximate surface area is 182 Å². The van der Waals surface area contributed by atoms with Crippen molar-refractivity contribution in [2.75, 3.05) is 5.32 Å². The van der Waals surface area contributed by atoms with E-state index in [0.29, 0.717) is 22.3 Å². The smallest absolute Gasteiger partial charge is 0.278 e. The lowest BCUT2D eigenvalue weighted by molar-refractivity contribution is 0.101. The summed E-state index contributed by atoms with van der Waals surface area (Å²) >= 11 is 12.2. The number of rotatable bonds is 7. The molecule has 0 saturated carbocycles. The Morgan fingerprint density at radius 3 is 2.50 bits per heavy atom. The molecule has 0 radical (unpaired) electrons. The van der Waals surface area contributed by atoms with Gasteiger partial charge in [-0.05, 0) is 23.8 Å². The Hall–Kier alpha value is -3.36. The molecule has 0 bridgehead atoms. The monoisotopic (exact) mass is 442 g/mol. The van der Waals surface area contributed by atoms with Crippen molar-refractivity contribution in [3.63, 3.8) is 0 Å². The van der Waals surface area contributed by atoms with Crippen LogP contribution in [-0.4, -0.2) is 30.5 Å². The zero-order chi connectivity index (χ0) is 20.9. The lowest BCUT2D eigenvalue weighted by Gasteiger charge is -2.09. The van der Waals surface area contributed by atoms with Crippen LogP contribution < -0.4 is 10.1 Å². The van der Waals surface area contributed by atoms with Gasteiger partial charge in [0.15, 0.2) is 18.2 Å². The van der Waals surface area contributed by atoms with Gasteiger partial charge in [-0.2, -0.15) is 5.10 Å². The average Bonchev–Trinajstić information content (AvgIpc) is 3.38. The van der Waals surface area contributed by atoms with E-state index in [1.165, 1.54) is 4.68 Å². The van der Waals surface area contributed by atoms with Crippen LogP contribution in [0.2, 0.25) is 10.0 Å². The molecule has 0 saturated heterocycles. The number of para-hydroxylation sites is 1. The number of hydrogen-bond donors (Lipinski definition) is 1. The summed E-state index contributed by atoms with van der Waals surface area (Å²) in [4.78, 5) is 16.5. The van der Waals surface area contributed by atoms with Gasteiger partial charge in [0.1, 0.15) is 6.33 Å². The summed E-state index contributed by atoms with van der Waals surface area (Å²) in [7, 11) is 0. The number of carbonyl (C=O) groups excluding carboxylic acids is 1. The van der Waals surface area contributed by atoms with Crippen molar-refractivity contribution in [2.45, 2.75) is 13.3 Å². The van der Waals surface area contributed by atoms with E-state index in [1.54, 1.807) is 41.5 Å². The van der Waals surface area contributed by atoms with E-state index in [9.17, 15) is 4.79 Å². The lowest BCUT2D eigenvalue weighted by Crippen LogP contribution is -2.15. The molecule has 1 N–H and O–H groups in total. The van der Waals surface area contributed by atoms with Gasteiger partial charge in [0.25, 0.3) is 5.91 Å². The Kier molecular flexibility index (Phi) is 5.97. The zero-order valence-corrected chi connectivity index (χ0v) is 17.1. The summed E-state index contributed by atoms with van der Waals surface area (Å²) in [6.07, 6.45) is 3.17. The minimum Gasteiger partial charge on any atom is -0.468 e. The molecule has 8 nitrogen and oxygen atoms in total. The first-order valence-electron chi connectivity index (χ1n) is 8.93. The molecule has 10 heteroatoms. The van der Waals surface area contributed by atoms with Crippen molar-refractivity contribution < 1.29 is 9.53 Å². The summed E-state index contributed by atoms with van der Waals surface area (Å²) in [5.74, 6) is 0.127. The molecule has 1 amide bonds. The highest BCUT2D eigenvalue weighted by molar-refractivity contribution is 6.37. The van der Waals surface area contributed by atoms with Gasteiger partial charge in [0, 0.05) is 6.20 Å². The Balaban J connectivity index is 1.35. The maximum absolute atomic E-state index is 12.4. The van der Waals surface area contributed by atoms with Crippen molar-refractivity contribution in [2.24, 2.45) is 0 Å². The summed E-state index contributed by atoms with van der Waals surface area (Å²) in [5, 5.41) is 11.9. The molecule has 2 heterocycles. The number of halogens is 2. The van der Waals surface area contributed by atoms with Gasteiger partial charge in [-0.3, -0.25) is 10.1 Å². The summed E-state index contributed by atoms with van der Waals surface area (Å²) < 4.78 is 8.70. The Bertz CT molecular complexity index is 1140. The first-order valence-corrected chi connectivity index (χ1v) is 9.69. The summed E-state index contributed by atoms with van der Waals surface area (Å²) in [6.45, 7) is 0.598. The van der Waals surface area contributed by atoms with Gasteiger partial charge >= 0.3 is 0 Å². The van der Waals surface area contributed by atoms with Crippen molar-refractivity contribution in [3.05, 3.63) is 88.4 Å². The maximum atomic E-state index is 12.4. The third-order valence-electron chi connectivity index (χ3n) is 4.08. The van der Waals surface area contributed by atoms with Gasteiger partial charge in [0.05, 0.1) is 16.6 Å². The molecular formula is C20H16Cl2N6O2. The van der Waals surface area contributed by atoms with E-state index in [2.05, 4.69) is 20.5 Å². The first-order chi connectivity index (χ1) is 14.6. The number of anilines is 1. The van der Waals surface area contributed by atoms with E-state index < -0.39 is 5.91 Å². The molecule has 0 aliphatic carbocycles. The Morgan fingerprint density at radius 1 is 0.967 bits per heavy atom. The van der Waals surface area contributed by atoms with Crippen molar-refractivity contribution in [1.29, 1.82) is 0 Å². The minimum absolute atomic E-state index is 0.0423. The quantitative estimate of drug-likeness (QED) is 0.465. The molecule has 0 aliphatic heterocycles. The van der Waals surface area contributed by atoms with Crippen LogP contribution in [0.1, 0.15) is 16.1 Å². The number of hydrogen-bond acceptors (Lipinski definition) is 5. The topological polar surface area (TPSA) is 86.9 Å². The van der Waals surface area contributed by atoms with E-state index >= 15 is 0 Å². The second-order valence-electron chi connectivity index (χ2n) is 6.27. The van der Waals surface area contributed by atoms with Crippen molar-refractivity contribution >= 4 is 35.1 Å². The van der Waals surface area contributed by atoms with Crippen LogP contribution in [0.3, 0.4) is 0 Å². The molecule has 2 aromatic carbocycles. The number of aromatic nitrogens is 5. The third-order valence-corrected chi connectivity index (χ3v) is 4.68. The fourth-order valence-electron chi connectivity index (χ4n) is 2.67. The van der Waals surface area contributed by atoms with E-state index in [0.717, 1.165) is 5.56 Å². The molecule has 0 fully saturated rings. The molecule has 4 aromatic rings. The van der Waals surface area contributed by atoms with Crippen molar-refractivity contribution in [3.8, 4) is 5.75 Å². The van der Waals surface area contributed by atoms with Gasteiger partial charge in [-0.25, -0.2) is 14.3 Å². The largest absolute Gasteiger partial charge is 0.468 e. The molecule has 0 aliphatic rings. The SMILES string of the molecule is O=C(Nc1ncn(Cc2ccccc2)n1)c1ccn(COc2c(Cl)cccc2Cl)n1. The second kappa shape index (κ2) is 8.98. The highest BCUT2D eigenvalue weighted by atomic mass is 35.5. The van der Waals surface area contributed by atoms with Gasteiger partial charge in [-0.15, -0.1) is 5.10 Å². The van der Waals surface area contributed by atoms with Gasteiger partial charge in [-0.1, -0.05) is 59.6 Å². The van der Waals surface area contributed by atoms with E-state index in [-0.39, 0.29) is 18.4 Å². The number of nitrogens with zero attached hydrogens (tertiary/aromatic N) is 5. The van der Waals surface area contributed by atoms with Crippen LogP contribution >= 0.6 is 23.2 Å². The van der Waals surface area contributed by atoms with Crippen molar-refractivity contribution in [1.82, 2.24) is 24.5 Å². The average molecular weight is 443 g/mol. The predicted octanol–water partition coefficient (Wildman–Crippen LogP) is 4.12. The number of amides is 1. The minimum atomic E-state index is -0.429. The van der Waals surface area contributed by atoms with Crippen LogP contribution in [-0.2, 0) is 13.3 Å². The summed E-state index contributed by atoms with van der Waals surface area (Å²) in [6, 6.07) is 16.5. The van der Waals surface area contributed by atoms with Crippen LogP contribution in [0.4, 0.5) is 5.95 Å². The molecule has 0 unspecified atom stereocenters. The molecule has 30 heavy (non-hydrogen) atoms. The fourth-order valence-corrected chi connectivity index (χ4v) is 3.18.